The highest BCUT2D eigenvalue weighted by atomic mass is 32.1. The van der Waals surface area contributed by atoms with E-state index >= 15 is 0 Å². The van der Waals surface area contributed by atoms with Gasteiger partial charge in [0.15, 0.2) is 0 Å². The van der Waals surface area contributed by atoms with E-state index < -0.39 is 5.76 Å². The molecule has 0 fully saturated rings. The first-order chi connectivity index (χ1) is 7.33. The number of hydrogen-bond donors (Lipinski definition) is 1. The number of benzene rings is 1. The normalized spacial score (nSPS) is 10.9. The topological polar surface area (TPSA) is 58.9 Å². The Morgan fingerprint density at radius 3 is 2.93 bits per heavy atom. The van der Waals surface area contributed by atoms with E-state index in [1.165, 1.54) is 0 Å². The Bertz CT molecular complexity index is 632. The smallest absolute Gasteiger partial charge is 0.387 e. The average molecular weight is 218 g/mol. The number of aromatic amines is 1. The molecule has 5 heteroatoms. The van der Waals surface area contributed by atoms with Crippen molar-refractivity contribution in [2.75, 3.05) is 0 Å². The monoisotopic (exact) mass is 218 g/mol. The molecule has 1 aromatic carbocycles. The van der Waals surface area contributed by atoms with E-state index in [2.05, 4.69) is 10.2 Å². The van der Waals surface area contributed by atoms with E-state index in [0.29, 0.717) is 5.89 Å². The van der Waals surface area contributed by atoms with Gasteiger partial charge in [0.25, 0.3) is 5.89 Å². The van der Waals surface area contributed by atoms with Gasteiger partial charge in [-0.25, -0.2) is 9.89 Å². The summed E-state index contributed by atoms with van der Waals surface area (Å²) in [6.45, 7) is 0. The fourth-order valence-corrected chi connectivity index (χ4v) is 2.41. The van der Waals surface area contributed by atoms with Gasteiger partial charge in [0.1, 0.15) is 0 Å². The Balaban J connectivity index is 2.24. The van der Waals surface area contributed by atoms with E-state index in [1.54, 1.807) is 11.3 Å². The Kier molecular flexibility index (Phi) is 1.72. The van der Waals surface area contributed by atoms with Gasteiger partial charge in [0, 0.05) is 4.70 Å². The van der Waals surface area contributed by atoms with Crippen molar-refractivity contribution in [1.29, 1.82) is 0 Å². The van der Waals surface area contributed by atoms with Crippen LogP contribution in [0.25, 0.3) is 20.9 Å². The summed E-state index contributed by atoms with van der Waals surface area (Å²) in [5.41, 5.74) is 0. The standard InChI is InChI=1S/C10H6N2O2S/c13-10-12-11-9(14-10)8-5-6-3-1-2-4-7(6)15-8/h1-5H,(H,12,13). The Morgan fingerprint density at radius 1 is 1.33 bits per heavy atom. The van der Waals surface area contributed by atoms with Crippen molar-refractivity contribution >= 4 is 21.4 Å². The third kappa shape index (κ3) is 1.37. The summed E-state index contributed by atoms with van der Waals surface area (Å²) in [5, 5.41) is 7.16. The van der Waals surface area contributed by atoms with Gasteiger partial charge >= 0.3 is 5.76 Å². The minimum absolute atomic E-state index is 0.348. The molecule has 15 heavy (non-hydrogen) atoms. The van der Waals surface area contributed by atoms with Crippen LogP contribution in [0.4, 0.5) is 0 Å². The maximum atomic E-state index is 10.8. The predicted molar refractivity (Wildman–Crippen MR) is 57.9 cm³/mol. The van der Waals surface area contributed by atoms with Crippen molar-refractivity contribution in [1.82, 2.24) is 10.2 Å². The van der Waals surface area contributed by atoms with Crippen LogP contribution in [-0.4, -0.2) is 10.2 Å². The van der Waals surface area contributed by atoms with Crippen molar-refractivity contribution in [3.05, 3.63) is 40.9 Å². The molecule has 0 spiro atoms. The predicted octanol–water partition coefficient (Wildman–Crippen LogP) is 2.24. The van der Waals surface area contributed by atoms with Crippen molar-refractivity contribution in [3.8, 4) is 10.8 Å². The second-order valence-corrected chi connectivity index (χ2v) is 4.15. The number of hydrogen-bond acceptors (Lipinski definition) is 4. The fraction of sp³-hybridized carbons (Fsp3) is 0. The number of H-pyrrole nitrogens is 1. The van der Waals surface area contributed by atoms with Crippen LogP contribution < -0.4 is 5.76 Å². The highest BCUT2D eigenvalue weighted by Gasteiger charge is 2.08. The first kappa shape index (κ1) is 8.43. The Hall–Kier alpha value is -1.88. The zero-order valence-electron chi connectivity index (χ0n) is 7.56. The highest BCUT2D eigenvalue weighted by Crippen LogP contribution is 2.31. The zero-order chi connectivity index (χ0) is 10.3. The minimum atomic E-state index is -0.526. The third-order valence-corrected chi connectivity index (χ3v) is 3.18. The van der Waals surface area contributed by atoms with Crippen molar-refractivity contribution in [3.63, 3.8) is 0 Å². The minimum Gasteiger partial charge on any atom is -0.387 e. The van der Waals surface area contributed by atoms with Crippen LogP contribution in [0.3, 0.4) is 0 Å². The number of fused-ring (bicyclic) bond motifs is 1. The highest BCUT2D eigenvalue weighted by molar-refractivity contribution is 7.22. The molecule has 3 rings (SSSR count). The number of rotatable bonds is 1. The first-order valence-corrected chi connectivity index (χ1v) is 5.19. The van der Waals surface area contributed by atoms with Crippen LogP contribution in [0.15, 0.2) is 39.5 Å². The number of thiophene rings is 1. The molecule has 4 nitrogen and oxygen atoms in total. The van der Waals surface area contributed by atoms with Crippen molar-refractivity contribution < 1.29 is 4.42 Å². The molecule has 0 radical (unpaired) electrons. The summed E-state index contributed by atoms with van der Waals surface area (Å²) >= 11 is 1.55. The van der Waals surface area contributed by atoms with Gasteiger partial charge in [-0.15, -0.1) is 16.4 Å². The lowest BCUT2D eigenvalue weighted by Crippen LogP contribution is -1.93. The molecule has 0 atom stereocenters. The molecule has 0 aliphatic rings. The largest absolute Gasteiger partial charge is 0.434 e. The van der Waals surface area contributed by atoms with Gasteiger partial charge in [0.2, 0.25) is 0 Å². The maximum absolute atomic E-state index is 10.8. The van der Waals surface area contributed by atoms with Crippen LogP contribution in [-0.2, 0) is 0 Å². The molecule has 0 saturated carbocycles. The molecule has 0 amide bonds. The first-order valence-electron chi connectivity index (χ1n) is 4.37. The van der Waals surface area contributed by atoms with Crippen LogP contribution in [0.1, 0.15) is 0 Å². The molecular weight excluding hydrogens is 212 g/mol. The molecule has 0 bridgehead atoms. The van der Waals surface area contributed by atoms with Crippen LogP contribution in [0.5, 0.6) is 0 Å². The molecule has 74 valence electrons. The summed E-state index contributed by atoms with van der Waals surface area (Å²) in [5.74, 6) is -0.177. The quantitative estimate of drug-likeness (QED) is 0.681. The molecule has 0 aliphatic heterocycles. The molecule has 3 aromatic rings. The van der Waals surface area contributed by atoms with Crippen LogP contribution in [0.2, 0.25) is 0 Å². The molecule has 1 N–H and O–H groups in total. The van der Waals surface area contributed by atoms with E-state index in [9.17, 15) is 4.79 Å². The second-order valence-electron chi connectivity index (χ2n) is 3.07. The zero-order valence-corrected chi connectivity index (χ0v) is 8.38. The van der Waals surface area contributed by atoms with Gasteiger partial charge in [-0.05, 0) is 17.5 Å². The molecule has 0 unspecified atom stereocenters. The number of aromatic nitrogens is 2. The summed E-state index contributed by atoms with van der Waals surface area (Å²) in [7, 11) is 0. The van der Waals surface area contributed by atoms with E-state index in [-0.39, 0.29) is 0 Å². The molecular formula is C10H6N2O2S. The lowest BCUT2D eigenvalue weighted by molar-refractivity contribution is 0.528. The molecule has 2 heterocycles. The van der Waals surface area contributed by atoms with Gasteiger partial charge in [-0.1, -0.05) is 18.2 Å². The maximum Gasteiger partial charge on any atom is 0.434 e. The molecule has 0 aliphatic carbocycles. The van der Waals surface area contributed by atoms with Gasteiger partial charge in [0.05, 0.1) is 4.88 Å². The van der Waals surface area contributed by atoms with Gasteiger partial charge < -0.3 is 4.42 Å². The SMILES string of the molecule is O=c1[nH]nc(-c2cc3ccccc3s2)o1. The third-order valence-electron chi connectivity index (χ3n) is 2.07. The van der Waals surface area contributed by atoms with Crippen molar-refractivity contribution in [2.45, 2.75) is 0 Å². The Labute approximate surface area is 88.2 Å². The fourth-order valence-electron chi connectivity index (χ4n) is 1.42. The summed E-state index contributed by atoms with van der Waals surface area (Å²) < 4.78 is 6.04. The van der Waals surface area contributed by atoms with E-state index in [4.69, 9.17) is 4.42 Å². The van der Waals surface area contributed by atoms with Gasteiger partial charge in [-0.3, -0.25) is 0 Å². The second kappa shape index (κ2) is 3.06. The summed E-state index contributed by atoms with van der Waals surface area (Å²) in [4.78, 5) is 11.7. The lowest BCUT2D eigenvalue weighted by Gasteiger charge is -1.82. The summed E-state index contributed by atoms with van der Waals surface area (Å²) in [6.07, 6.45) is 0. The molecule has 0 saturated heterocycles. The lowest BCUT2D eigenvalue weighted by atomic mass is 10.2. The van der Waals surface area contributed by atoms with E-state index in [0.717, 1.165) is 15.0 Å². The average Bonchev–Trinajstić information content (AvgIpc) is 2.82. The number of nitrogens with zero attached hydrogens (tertiary/aromatic N) is 1. The van der Waals surface area contributed by atoms with Crippen molar-refractivity contribution in [2.24, 2.45) is 0 Å². The van der Waals surface area contributed by atoms with Crippen LogP contribution >= 0.6 is 11.3 Å². The van der Waals surface area contributed by atoms with Crippen LogP contribution in [0, 0.1) is 0 Å². The molecule has 2 aromatic heterocycles. The van der Waals surface area contributed by atoms with Gasteiger partial charge in [-0.2, -0.15) is 0 Å². The van der Waals surface area contributed by atoms with E-state index in [1.807, 2.05) is 30.3 Å². The summed E-state index contributed by atoms with van der Waals surface area (Å²) in [6, 6.07) is 9.94. The Morgan fingerprint density at radius 2 is 2.20 bits per heavy atom. The number of nitrogens with one attached hydrogen (secondary N) is 1.